The Kier molecular flexibility index (Phi) is 7.68. The van der Waals surface area contributed by atoms with Crippen LogP contribution in [-0.2, 0) is 22.6 Å². The van der Waals surface area contributed by atoms with Gasteiger partial charge in [0.2, 0.25) is 0 Å². The molecule has 0 saturated carbocycles. The summed E-state index contributed by atoms with van der Waals surface area (Å²) in [5.74, 6) is 0.978. The lowest BCUT2D eigenvalue weighted by Crippen LogP contribution is -2.54. The van der Waals surface area contributed by atoms with Gasteiger partial charge in [-0.3, -0.25) is 14.6 Å². The van der Waals surface area contributed by atoms with Crippen LogP contribution in [0.2, 0.25) is 0 Å². The molecule has 0 bridgehead atoms. The monoisotopic (exact) mass is 572 g/mol. The van der Waals surface area contributed by atoms with E-state index in [0.717, 1.165) is 73.9 Å². The van der Waals surface area contributed by atoms with E-state index in [0.29, 0.717) is 25.2 Å². The molecule has 1 aromatic carbocycles. The van der Waals surface area contributed by atoms with Gasteiger partial charge in [-0.2, -0.15) is 10.4 Å². The van der Waals surface area contributed by atoms with Crippen molar-refractivity contribution in [1.29, 1.82) is 5.26 Å². The van der Waals surface area contributed by atoms with Crippen LogP contribution in [0.1, 0.15) is 39.0 Å². The summed E-state index contributed by atoms with van der Waals surface area (Å²) in [6.07, 6.45) is 1.66. The van der Waals surface area contributed by atoms with Gasteiger partial charge < -0.3 is 24.2 Å². The molecule has 0 N–H and O–H groups in total. The van der Waals surface area contributed by atoms with E-state index < -0.39 is 5.60 Å². The molecule has 2 atom stereocenters. The van der Waals surface area contributed by atoms with Crippen LogP contribution < -0.4 is 9.80 Å². The van der Waals surface area contributed by atoms with Gasteiger partial charge in [-0.15, -0.1) is 0 Å². The number of ether oxygens (including phenoxy) is 2. The Hall–Kier alpha value is -3.88. The lowest BCUT2D eigenvalue weighted by molar-refractivity contribution is -0.0327. The topological polar surface area (TPSA) is 103 Å². The zero-order valence-electron chi connectivity index (χ0n) is 25.0. The van der Waals surface area contributed by atoms with Crippen LogP contribution in [0.25, 0.3) is 10.9 Å². The van der Waals surface area contributed by atoms with Gasteiger partial charge in [0.15, 0.2) is 5.82 Å². The normalized spacial score (nSPS) is 21.7. The molecule has 2 saturated heterocycles. The third kappa shape index (κ3) is 6.01. The van der Waals surface area contributed by atoms with Gasteiger partial charge in [0, 0.05) is 75.7 Å². The van der Waals surface area contributed by atoms with Crippen molar-refractivity contribution in [3.05, 3.63) is 47.8 Å². The van der Waals surface area contributed by atoms with E-state index in [1.807, 2.05) is 43.7 Å². The number of nitriles is 1. The third-order valence-electron chi connectivity index (χ3n) is 8.13. The summed E-state index contributed by atoms with van der Waals surface area (Å²) in [7, 11) is 0. The highest BCUT2D eigenvalue weighted by atomic mass is 16.6. The van der Waals surface area contributed by atoms with Crippen molar-refractivity contribution >= 4 is 28.5 Å². The van der Waals surface area contributed by atoms with Gasteiger partial charge in [0.25, 0.3) is 0 Å². The van der Waals surface area contributed by atoms with Gasteiger partial charge in [0.1, 0.15) is 11.7 Å². The number of hydrogen-bond acceptors (Lipinski definition) is 9. The summed E-state index contributed by atoms with van der Waals surface area (Å²) in [5.41, 5.74) is 3.00. The zero-order chi connectivity index (χ0) is 29.4. The smallest absolute Gasteiger partial charge is 0.410 e. The summed E-state index contributed by atoms with van der Waals surface area (Å²) in [5, 5.41) is 15.4. The summed E-state index contributed by atoms with van der Waals surface area (Å²) in [6.45, 7) is 15.7. The molecule has 2 fully saturated rings. The van der Waals surface area contributed by atoms with E-state index in [-0.39, 0.29) is 18.3 Å². The molecule has 3 aliphatic rings. The summed E-state index contributed by atoms with van der Waals surface area (Å²) in [4.78, 5) is 26.0. The van der Waals surface area contributed by atoms with Gasteiger partial charge >= 0.3 is 6.09 Å². The number of amides is 1. The highest BCUT2D eigenvalue weighted by Gasteiger charge is 2.31. The third-order valence-corrected chi connectivity index (χ3v) is 8.13. The number of piperazine rings is 1. The molecule has 3 aliphatic heterocycles. The Bertz CT molecular complexity index is 1480. The largest absolute Gasteiger partial charge is 0.444 e. The molecule has 0 spiro atoms. The predicted molar refractivity (Wildman–Crippen MR) is 161 cm³/mol. The Morgan fingerprint density at radius 2 is 1.90 bits per heavy atom. The van der Waals surface area contributed by atoms with Gasteiger partial charge in [0.05, 0.1) is 42.1 Å². The maximum Gasteiger partial charge on any atom is 0.410 e. The number of carbonyl (C=O) groups excluding carboxylic acids is 1. The molecule has 3 aromatic rings. The van der Waals surface area contributed by atoms with Crippen LogP contribution >= 0.6 is 0 Å². The second-order valence-electron chi connectivity index (χ2n) is 12.5. The van der Waals surface area contributed by atoms with Gasteiger partial charge in [-0.25, -0.2) is 4.79 Å². The Morgan fingerprint density at radius 1 is 1.10 bits per heavy atom. The number of nitrogens with zero attached hydrogens (tertiary/aromatic N) is 8. The average molecular weight is 573 g/mol. The number of fused-ring (bicyclic) bond motifs is 2. The van der Waals surface area contributed by atoms with Gasteiger partial charge in [-0.1, -0.05) is 0 Å². The van der Waals surface area contributed by atoms with Crippen molar-refractivity contribution in [2.45, 2.75) is 58.6 Å². The SMILES string of the molecule is C[C@@H]1CN(c2ccc(C#N)c3ncccc23)C[C@H](CN2CCN(c3cc4n(n3)CCN(C(=O)OC(C)(C)C)C4)CC2)O1. The first-order valence-electron chi connectivity index (χ1n) is 14.9. The predicted octanol–water partition coefficient (Wildman–Crippen LogP) is 3.47. The lowest BCUT2D eigenvalue weighted by Gasteiger charge is -2.42. The molecule has 6 rings (SSSR count). The van der Waals surface area contributed by atoms with Crippen molar-refractivity contribution in [1.82, 2.24) is 24.6 Å². The van der Waals surface area contributed by atoms with Crippen molar-refractivity contribution in [3.63, 3.8) is 0 Å². The Balaban J connectivity index is 1.05. The number of rotatable bonds is 4. The zero-order valence-corrected chi connectivity index (χ0v) is 25.0. The molecule has 0 unspecified atom stereocenters. The molecule has 2 aromatic heterocycles. The first kappa shape index (κ1) is 28.2. The highest BCUT2D eigenvalue weighted by Crippen LogP contribution is 2.30. The van der Waals surface area contributed by atoms with Crippen molar-refractivity contribution in [3.8, 4) is 6.07 Å². The second-order valence-corrected chi connectivity index (χ2v) is 12.5. The number of aromatic nitrogens is 3. The minimum absolute atomic E-state index is 0.0846. The molecule has 42 heavy (non-hydrogen) atoms. The molecular weight excluding hydrogens is 532 g/mol. The number of morpholine rings is 1. The number of anilines is 2. The summed E-state index contributed by atoms with van der Waals surface area (Å²) < 4.78 is 14.0. The van der Waals surface area contributed by atoms with Crippen LogP contribution in [0.15, 0.2) is 36.5 Å². The quantitative estimate of drug-likeness (QED) is 0.465. The summed E-state index contributed by atoms with van der Waals surface area (Å²) >= 11 is 0. The first-order valence-corrected chi connectivity index (χ1v) is 14.9. The van der Waals surface area contributed by atoms with Crippen molar-refractivity contribution in [2.24, 2.45) is 0 Å². The van der Waals surface area contributed by atoms with E-state index in [1.54, 1.807) is 11.1 Å². The lowest BCUT2D eigenvalue weighted by atomic mass is 10.1. The molecule has 11 nitrogen and oxygen atoms in total. The van der Waals surface area contributed by atoms with Crippen LogP contribution in [0.5, 0.6) is 0 Å². The van der Waals surface area contributed by atoms with Crippen LogP contribution in [-0.4, -0.2) is 101 Å². The first-order chi connectivity index (χ1) is 20.2. The fourth-order valence-electron chi connectivity index (χ4n) is 6.20. The van der Waals surface area contributed by atoms with E-state index in [4.69, 9.17) is 14.6 Å². The standard InChI is InChI=1S/C31H40N8O3/c1-22-18-38(27-8-7-23(17-32)29-26(27)6-5-9-33-29)21-25(41-22)20-35-10-12-36(13-11-35)28-16-24-19-37(14-15-39(24)34-28)30(40)42-31(2,3)4/h5-9,16,22,25H,10-15,18-21H2,1-4H3/t22-,25+/m1/s1. The van der Waals surface area contributed by atoms with Crippen LogP contribution in [0.3, 0.4) is 0 Å². The minimum Gasteiger partial charge on any atom is -0.444 e. The molecule has 11 heteroatoms. The van der Waals surface area contributed by atoms with Crippen molar-refractivity contribution in [2.75, 3.05) is 62.2 Å². The molecule has 1 amide bonds. The fourth-order valence-corrected chi connectivity index (χ4v) is 6.20. The second kappa shape index (κ2) is 11.4. The number of pyridine rings is 1. The maximum absolute atomic E-state index is 12.6. The van der Waals surface area contributed by atoms with Gasteiger partial charge in [-0.05, 0) is 52.0 Å². The minimum atomic E-state index is -0.506. The Morgan fingerprint density at radius 3 is 2.67 bits per heavy atom. The highest BCUT2D eigenvalue weighted by molar-refractivity contribution is 5.95. The van der Waals surface area contributed by atoms with E-state index in [2.05, 4.69) is 44.8 Å². The molecular formula is C31H40N8O3. The Labute approximate surface area is 247 Å². The van der Waals surface area contributed by atoms with Crippen LogP contribution in [0.4, 0.5) is 16.3 Å². The number of hydrogen-bond donors (Lipinski definition) is 0. The summed E-state index contributed by atoms with van der Waals surface area (Å²) in [6, 6.07) is 12.3. The molecule has 5 heterocycles. The fraction of sp³-hybridized carbons (Fsp3) is 0.548. The van der Waals surface area contributed by atoms with Crippen molar-refractivity contribution < 1.29 is 14.3 Å². The molecule has 222 valence electrons. The van der Waals surface area contributed by atoms with E-state index in [9.17, 15) is 10.1 Å². The van der Waals surface area contributed by atoms with Crippen LogP contribution in [0, 0.1) is 11.3 Å². The number of benzene rings is 1. The van der Waals surface area contributed by atoms with E-state index >= 15 is 0 Å². The number of carbonyl (C=O) groups is 1. The van der Waals surface area contributed by atoms with E-state index in [1.165, 1.54) is 0 Å². The maximum atomic E-state index is 12.6. The molecule has 0 radical (unpaired) electrons. The molecule has 0 aliphatic carbocycles. The average Bonchev–Trinajstić information content (AvgIpc) is 3.39.